The van der Waals surface area contributed by atoms with E-state index in [1.807, 2.05) is 0 Å². The Bertz CT molecular complexity index is 541. The van der Waals surface area contributed by atoms with Crippen LogP contribution >= 0.6 is 0 Å². The molecule has 0 fully saturated rings. The highest BCUT2D eigenvalue weighted by Crippen LogP contribution is 2.36. The van der Waals surface area contributed by atoms with Crippen molar-refractivity contribution in [2.45, 2.75) is 78.6 Å². The highest BCUT2D eigenvalue weighted by atomic mass is 14.8. The van der Waals surface area contributed by atoms with Crippen LogP contribution in [0.1, 0.15) is 84.8 Å². The van der Waals surface area contributed by atoms with E-state index in [0.717, 1.165) is 11.3 Å². The van der Waals surface area contributed by atoms with Crippen LogP contribution in [0, 0.1) is 11.3 Å². The molecular formula is C18H28N2. The highest BCUT2D eigenvalue weighted by molar-refractivity contribution is 5.45. The summed E-state index contributed by atoms with van der Waals surface area (Å²) in [6.45, 7) is 19.5. The Morgan fingerprint density at radius 2 is 1.25 bits per heavy atom. The Labute approximate surface area is 124 Å². The third kappa shape index (κ3) is 3.39. The fraction of sp³-hybridized carbons (Fsp3) is 0.667. The molecule has 0 saturated carbocycles. The molecule has 2 heteroatoms. The van der Waals surface area contributed by atoms with E-state index >= 15 is 0 Å². The first-order valence-electron chi connectivity index (χ1n) is 7.25. The minimum atomic E-state index is -0.0749. The molecule has 1 rings (SSSR count). The van der Waals surface area contributed by atoms with E-state index in [9.17, 15) is 5.26 Å². The summed E-state index contributed by atoms with van der Waals surface area (Å²) in [5, 5.41) is 9.45. The summed E-state index contributed by atoms with van der Waals surface area (Å²) in [6, 6.07) is 4.48. The summed E-state index contributed by atoms with van der Waals surface area (Å²) >= 11 is 0. The molecule has 1 heterocycles. The minimum Gasteiger partial charge on any atom is -0.241 e. The lowest BCUT2D eigenvalue weighted by Gasteiger charge is -2.32. The maximum absolute atomic E-state index is 9.45. The molecule has 20 heavy (non-hydrogen) atoms. The van der Waals surface area contributed by atoms with Crippen LogP contribution in [0.25, 0.3) is 0 Å². The van der Waals surface area contributed by atoms with Crippen molar-refractivity contribution in [1.82, 2.24) is 4.98 Å². The van der Waals surface area contributed by atoms with Crippen LogP contribution in [0.5, 0.6) is 0 Å². The van der Waals surface area contributed by atoms with Crippen molar-refractivity contribution < 1.29 is 0 Å². The van der Waals surface area contributed by atoms with Gasteiger partial charge in [0.15, 0.2) is 0 Å². The fourth-order valence-corrected chi connectivity index (χ4v) is 2.31. The highest BCUT2D eigenvalue weighted by Gasteiger charge is 2.30. The van der Waals surface area contributed by atoms with Crippen LogP contribution in [0.15, 0.2) is 6.07 Å². The van der Waals surface area contributed by atoms with Gasteiger partial charge in [-0.05, 0) is 22.0 Å². The molecule has 0 aromatic carbocycles. The summed E-state index contributed by atoms with van der Waals surface area (Å²) in [7, 11) is 0. The van der Waals surface area contributed by atoms with E-state index in [1.54, 1.807) is 0 Å². The molecule has 1 aromatic rings. The van der Waals surface area contributed by atoms with Crippen LogP contribution in [0.3, 0.4) is 0 Å². The molecule has 0 aliphatic rings. The molecule has 0 aliphatic carbocycles. The fourth-order valence-electron chi connectivity index (χ4n) is 2.31. The Morgan fingerprint density at radius 3 is 1.55 bits per heavy atom. The Balaban J connectivity index is 3.78. The second kappa shape index (κ2) is 4.88. The third-order valence-corrected chi connectivity index (χ3v) is 3.45. The lowest BCUT2D eigenvalue weighted by Crippen LogP contribution is -2.27. The van der Waals surface area contributed by atoms with Gasteiger partial charge >= 0.3 is 0 Å². The van der Waals surface area contributed by atoms with E-state index in [2.05, 4.69) is 74.4 Å². The van der Waals surface area contributed by atoms with Crippen LogP contribution in [0.4, 0.5) is 0 Å². The van der Waals surface area contributed by atoms with Gasteiger partial charge in [-0.2, -0.15) is 5.26 Å². The number of pyridine rings is 1. The molecule has 0 spiro atoms. The number of nitrogens with zero attached hydrogens (tertiary/aromatic N) is 2. The molecule has 0 aliphatic heterocycles. The van der Waals surface area contributed by atoms with Gasteiger partial charge in [-0.15, -0.1) is 0 Å². The predicted octanol–water partition coefficient (Wildman–Crippen LogP) is 4.85. The number of aromatic nitrogens is 1. The summed E-state index contributed by atoms with van der Waals surface area (Å²) in [5.74, 6) is 0. The minimum absolute atomic E-state index is 0.0175. The smallest absolute Gasteiger partial charge is 0.144 e. The molecule has 110 valence electrons. The number of hydrogen-bond acceptors (Lipinski definition) is 2. The second-order valence-corrected chi connectivity index (χ2v) is 8.64. The predicted molar refractivity (Wildman–Crippen MR) is 85.1 cm³/mol. The van der Waals surface area contributed by atoms with Crippen LogP contribution < -0.4 is 0 Å². The SMILES string of the molecule is CC(C)(C)c1cc(C(C)(C)C)c(C(C)(C)C)nc1C#N. The average Bonchev–Trinajstić information content (AvgIpc) is 2.23. The standard InChI is InChI=1S/C18H28N2/c1-16(2,3)12-10-13(17(4,5)6)15(18(7,8)9)20-14(12)11-19/h10H,1-9H3. The van der Waals surface area contributed by atoms with Crippen molar-refractivity contribution in [1.29, 1.82) is 5.26 Å². The van der Waals surface area contributed by atoms with Crippen molar-refractivity contribution >= 4 is 0 Å². The van der Waals surface area contributed by atoms with Gasteiger partial charge in [0.1, 0.15) is 11.8 Å². The molecule has 1 aromatic heterocycles. The number of hydrogen-bond donors (Lipinski definition) is 0. The Kier molecular flexibility index (Phi) is 4.07. The molecule has 0 unspecified atom stereocenters. The maximum Gasteiger partial charge on any atom is 0.144 e. The van der Waals surface area contributed by atoms with Crippen molar-refractivity contribution in [3.8, 4) is 6.07 Å². The second-order valence-electron chi connectivity index (χ2n) is 8.64. The summed E-state index contributed by atoms with van der Waals surface area (Å²) in [6.07, 6.45) is 0. The Hall–Kier alpha value is -1.36. The molecule has 2 nitrogen and oxygen atoms in total. The zero-order chi connectivity index (χ0) is 15.9. The first kappa shape index (κ1) is 16.7. The first-order chi connectivity index (χ1) is 8.78. The van der Waals surface area contributed by atoms with Gasteiger partial charge in [0.05, 0.1) is 5.69 Å². The van der Waals surface area contributed by atoms with E-state index in [0.29, 0.717) is 5.69 Å². The maximum atomic E-state index is 9.45. The van der Waals surface area contributed by atoms with Gasteiger partial charge in [-0.3, -0.25) is 0 Å². The van der Waals surface area contributed by atoms with Crippen molar-refractivity contribution in [2.24, 2.45) is 0 Å². The van der Waals surface area contributed by atoms with Gasteiger partial charge in [-0.25, -0.2) is 4.98 Å². The molecule has 0 atom stereocenters. The molecule has 0 bridgehead atoms. The van der Waals surface area contributed by atoms with Gasteiger partial charge in [0.2, 0.25) is 0 Å². The monoisotopic (exact) mass is 272 g/mol. The van der Waals surface area contributed by atoms with Crippen molar-refractivity contribution in [3.05, 3.63) is 28.6 Å². The van der Waals surface area contributed by atoms with Gasteiger partial charge in [0.25, 0.3) is 0 Å². The average molecular weight is 272 g/mol. The zero-order valence-electron chi connectivity index (χ0n) is 14.5. The zero-order valence-corrected chi connectivity index (χ0v) is 14.5. The van der Waals surface area contributed by atoms with Crippen LogP contribution in [-0.4, -0.2) is 4.98 Å². The lowest BCUT2D eigenvalue weighted by atomic mass is 9.75. The molecule has 0 N–H and O–H groups in total. The molecule has 0 saturated heterocycles. The van der Waals surface area contributed by atoms with E-state index < -0.39 is 0 Å². The van der Waals surface area contributed by atoms with Gasteiger partial charge in [0, 0.05) is 5.41 Å². The van der Waals surface area contributed by atoms with E-state index in [-0.39, 0.29) is 16.2 Å². The van der Waals surface area contributed by atoms with Crippen LogP contribution in [-0.2, 0) is 16.2 Å². The Morgan fingerprint density at radius 1 is 0.800 bits per heavy atom. The molecular weight excluding hydrogens is 244 g/mol. The topological polar surface area (TPSA) is 36.7 Å². The van der Waals surface area contributed by atoms with E-state index in [1.165, 1.54) is 5.56 Å². The number of rotatable bonds is 0. The quantitative estimate of drug-likeness (QED) is 0.677. The van der Waals surface area contributed by atoms with E-state index in [4.69, 9.17) is 4.98 Å². The summed E-state index contributed by atoms with van der Waals surface area (Å²) < 4.78 is 0. The first-order valence-corrected chi connectivity index (χ1v) is 7.25. The van der Waals surface area contributed by atoms with Crippen LogP contribution in [0.2, 0.25) is 0 Å². The van der Waals surface area contributed by atoms with Gasteiger partial charge < -0.3 is 0 Å². The third-order valence-electron chi connectivity index (χ3n) is 3.45. The normalized spacial score (nSPS) is 13.2. The summed E-state index contributed by atoms with van der Waals surface area (Å²) in [4.78, 5) is 4.73. The van der Waals surface area contributed by atoms with Crippen molar-refractivity contribution in [2.75, 3.05) is 0 Å². The molecule has 0 amide bonds. The lowest BCUT2D eigenvalue weighted by molar-refractivity contribution is 0.504. The molecule has 0 radical (unpaired) electrons. The summed E-state index contributed by atoms with van der Waals surface area (Å²) in [5.41, 5.74) is 3.76. The largest absolute Gasteiger partial charge is 0.241 e. The van der Waals surface area contributed by atoms with Crippen molar-refractivity contribution in [3.63, 3.8) is 0 Å². The number of nitriles is 1. The van der Waals surface area contributed by atoms with Gasteiger partial charge in [-0.1, -0.05) is 68.4 Å².